The maximum atomic E-state index is 11.2. The Morgan fingerprint density at radius 3 is 1.68 bits per heavy atom. The minimum Gasteiger partial charge on any atom is -0.466 e. The summed E-state index contributed by atoms with van der Waals surface area (Å²) < 4.78 is 4.55. The van der Waals surface area contributed by atoms with Gasteiger partial charge in [-0.2, -0.15) is 0 Å². The van der Waals surface area contributed by atoms with Crippen LogP contribution in [0.15, 0.2) is 48.5 Å². The lowest BCUT2D eigenvalue weighted by molar-refractivity contribution is -0.141. The number of benzene rings is 2. The first kappa shape index (κ1) is 36.4. The fourth-order valence-electron chi connectivity index (χ4n) is 2.50. The molecule has 0 bridgehead atoms. The highest BCUT2D eigenvalue weighted by Gasteiger charge is 2.18. The third-order valence-electron chi connectivity index (χ3n) is 4.79. The van der Waals surface area contributed by atoms with Gasteiger partial charge >= 0.3 is 5.97 Å². The SMILES string of the molecule is CC.CCCOC(C)=O.CCc1ccc(C#Cc2ccc(C(C)=O)cc2)cc1.CNC(=O)C(C)C(=O)CO. The van der Waals surface area contributed by atoms with Gasteiger partial charge in [-0.25, -0.2) is 0 Å². The fraction of sp³-hybridized carbons (Fsp3) is 0.419. The molecule has 0 aromatic heterocycles. The third-order valence-corrected chi connectivity index (χ3v) is 4.79. The molecule has 0 saturated carbocycles. The van der Waals surface area contributed by atoms with E-state index in [1.807, 2.05) is 57.2 Å². The zero-order valence-electron chi connectivity index (χ0n) is 24.0. The van der Waals surface area contributed by atoms with Gasteiger partial charge in [-0.15, -0.1) is 0 Å². The molecular formula is C31H43NO6. The average molecular weight is 526 g/mol. The van der Waals surface area contributed by atoms with Gasteiger partial charge < -0.3 is 15.2 Å². The molecule has 7 nitrogen and oxygen atoms in total. The molecule has 2 aromatic carbocycles. The summed E-state index contributed by atoms with van der Waals surface area (Å²) in [5.41, 5.74) is 3.96. The van der Waals surface area contributed by atoms with E-state index >= 15 is 0 Å². The number of carbonyl (C=O) groups excluding carboxylic acids is 4. The van der Waals surface area contributed by atoms with Crippen molar-refractivity contribution in [1.29, 1.82) is 0 Å². The van der Waals surface area contributed by atoms with Crippen molar-refractivity contribution in [2.24, 2.45) is 5.92 Å². The number of esters is 1. The topological polar surface area (TPSA) is 110 Å². The number of Topliss-reactive ketones (excluding diaryl/α,β-unsaturated/α-hetero) is 2. The van der Waals surface area contributed by atoms with Crippen LogP contribution in [0.5, 0.6) is 0 Å². The van der Waals surface area contributed by atoms with E-state index in [-0.39, 0.29) is 17.7 Å². The van der Waals surface area contributed by atoms with Crippen molar-refractivity contribution in [3.8, 4) is 11.8 Å². The summed E-state index contributed by atoms with van der Waals surface area (Å²) >= 11 is 0. The molecule has 38 heavy (non-hydrogen) atoms. The van der Waals surface area contributed by atoms with Crippen LogP contribution in [-0.2, 0) is 25.5 Å². The Morgan fingerprint density at radius 2 is 1.37 bits per heavy atom. The number of aryl methyl sites for hydroxylation is 1. The van der Waals surface area contributed by atoms with E-state index < -0.39 is 18.3 Å². The van der Waals surface area contributed by atoms with Crippen molar-refractivity contribution in [2.45, 2.75) is 61.3 Å². The lowest BCUT2D eigenvalue weighted by Gasteiger charge is -2.04. The zero-order chi connectivity index (χ0) is 29.5. The summed E-state index contributed by atoms with van der Waals surface area (Å²) in [6.07, 6.45) is 1.94. The van der Waals surface area contributed by atoms with Gasteiger partial charge in [0.1, 0.15) is 6.61 Å². The van der Waals surface area contributed by atoms with E-state index in [9.17, 15) is 19.2 Å². The first-order valence-electron chi connectivity index (χ1n) is 12.8. The number of ketones is 2. The Balaban J connectivity index is 0. The van der Waals surface area contributed by atoms with E-state index in [0.717, 1.165) is 29.5 Å². The smallest absolute Gasteiger partial charge is 0.302 e. The van der Waals surface area contributed by atoms with Crippen LogP contribution in [0.2, 0.25) is 0 Å². The quantitative estimate of drug-likeness (QED) is 0.233. The molecule has 208 valence electrons. The van der Waals surface area contributed by atoms with Crippen molar-refractivity contribution in [3.63, 3.8) is 0 Å². The molecule has 0 heterocycles. The number of hydrogen-bond acceptors (Lipinski definition) is 6. The lowest BCUT2D eigenvalue weighted by Crippen LogP contribution is -2.32. The highest BCUT2D eigenvalue weighted by molar-refractivity contribution is 6.01. The molecule has 0 spiro atoms. The van der Waals surface area contributed by atoms with Gasteiger partial charge in [0.2, 0.25) is 5.91 Å². The Morgan fingerprint density at radius 1 is 0.895 bits per heavy atom. The molecule has 0 fully saturated rings. The number of ether oxygens (including phenoxy) is 1. The van der Waals surface area contributed by atoms with Gasteiger partial charge in [0.25, 0.3) is 0 Å². The molecule has 2 N–H and O–H groups in total. The number of aliphatic hydroxyl groups excluding tert-OH is 1. The highest BCUT2D eigenvalue weighted by atomic mass is 16.5. The normalized spacial score (nSPS) is 9.71. The summed E-state index contributed by atoms with van der Waals surface area (Å²) in [4.78, 5) is 42.4. The Kier molecular flexibility index (Phi) is 21.5. The molecule has 0 aliphatic heterocycles. The van der Waals surface area contributed by atoms with E-state index in [1.54, 1.807) is 6.92 Å². The average Bonchev–Trinajstić information content (AvgIpc) is 2.95. The third kappa shape index (κ3) is 16.8. The number of amides is 1. The number of carbonyl (C=O) groups is 4. The molecule has 0 saturated heterocycles. The van der Waals surface area contributed by atoms with Crippen molar-refractivity contribution >= 4 is 23.4 Å². The zero-order valence-corrected chi connectivity index (χ0v) is 24.0. The highest BCUT2D eigenvalue weighted by Crippen LogP contribution is 2.06. The van der Waals surface area contributed by atoms with Crippen LogP contribution in [0.4, 0.5) is 0 Å². The summed E-state index contributed by atoms with van der Waals surface area (Å²) in [7, 11) is 1.45. The second-order valence-electron chi connectivity index (χ2n) is 7.73. The molecule has 1 amide bonds. The van der Waals surface area contributed by atoms with E-state index in [1.165, 1.54) is 26.5 Å². The van der Waals surface area contributed by atoms with Crippen LogP contribution >= 0.6 is 0 Å². The Labute approximate surface area is 228 Å². The maximum absolute atomic E-state index is 11.2. The fourth-order valence-corrected chi connectivity index (χ4v) is 2.50. The van der Waals surface area contributed by atoms with Crippen LogP contribution in [-0.4, -0.2) is 48.8 Å². The van der Waals surface area contributed by atoms with E-state index in [2.05, 4.69) is 41.0 Å². The molecule has 1 atom stereocenters. The molecule has 2 rings (SSSR count). The molecule has 2 aromatic rings. The molecule has 0 aliphatic carbocycles. The summed E-state index contributed by atoms with van der Waals surface area (Å²) in [6, 6.07) is 15.7. The second-order valence-corrected chi connectivity index (χ2v) is 7.73. The van der Waals surface area contributed by atoms with Gasteiger partial charge in [0, 0.05) is 30.7 Å². The molecule has 7 heteroatoms. The maximum Gasteiger partial charge on any atom is 0.302 e. The van der Waals surface area contributed by atoms with Crippen molar-refractivity contribution in [3.05, 3.63) is 70.8 Å². The number of aliphatic hydroxyl groups is 1. The number of hydrogen-bond donors (Lipinski definition) is 2. The minimum atomic E-state index is -0.741. The monoisotopic (exact) mass is 525 g/mol. The van der Waals surface area contributed by atoms with Crippen LogP contribution in [0, 0.1) is 17.8 Å². The van der Waals surface area contributed by atoms with Gasteiger partial charge in [-0.05, 0) is 56.5 Å². The van der Waals surface area contributed by atoms with Crippen molar-refractivity contribution in [2.75, 3.05) is 20.3 Å². The lowest BCUT2D eigenvalue weighted by atomic mass is 10.1. The molecule has 0 aliphatic rings. The van der Waals surface area contributed by atoms with Crippen molar-refractivity contribution in [1.82, 2.24) is 5.32 Å². The molecular weight excluding hydrogens is 482 g/mol. The van der Waals surface area contributed by atoms with Crippen LogP contribution < -0.4 is 5.32 Å². The summed E-state index contributed by atoms with van der Waals surface area (Å²) in [5.74, 6) is 4.55. The van der Waals surface area contributed by atoms with Crippen LogP contribution in [0.1, 0.15) is 81.9 Å². The standard InChI is InChI=1S/C18H16O.C6H11NO3.C5H10O2.C2H6/c1-3-15-4-6-16(7-5-15)8-9-17-10-12-18(13-11-17)14(2)19;1-4(5(9)3-8)6(10)7-2;1-3-4-7-5(2)6;1-2/h4-7,10-13H,3H2,1-2H3;4,8H,3H2,1-2H3,(H,7,10);3-4H2,1-2H3;1-2H3. The predicted molar refractivity (Wildman–Crippen MR) is 152 cm³/mol. The van der Waals surface area contributed by atoms with Crippen LogP contribution in [0.25, 0.3) is 0 Å². The minimum absolute atomic E-state index is 0.0784. The Hall–Kier alpha value is -3.76. The largest absolute Gasteiger partial charge is 0.466 e. The predicted octanol–water partition coefficient (Wildman–Crippen LogP) is 4.77. The first-order valence-corrected chi connectivity index (χ1v) is 12.8. The van der Waals surface area contributed by atoms with Gasteiger partial charge in [-0.3, -0.25) is 19.2 Å². The van der Waals surface area contributed by atoms with Gasteiger partial charge in [0.15, 0.2) is 11.6 Å². The van der Waals surface area contributed by atoms with Gasteiger partial charge in [-0.1, -0.05) is 63.8 Å². The van der Waals surface area contributed by atoms with E-state index in [4.69, 9.17) is 5.11 Å². The second kappa shape index (κ2) is 22.4. The summed E-state index contributed by atoms with van der Waals surface area (Å²) in [6.45, 7) is 12.5. The van der Waals surface area contributed by atoms with E-state index in [0.29, 0.717) is 6.61 Å². The van der Waals surface area contributed by atoms with Crippen molar-refractivity contribution < 1.29 is 29.0 Å². The molecule has 1 unspecified atom stereocenters. The molecule has 0 radical (unpaired) electrons. The number of rotatable bonds is 7. The number of nitrogens with one attached hydrogen (secondary N) is 1. The van der Waals surface area contributed by atoms with Gasteiger partial charge in [0.05, 0.1) is 12.5 Å². The first-order chi connectivity index (χ1) is 18.1. The van der Waals surface area contributed by atoms with Crippen LogP contribution in [0.3, 0.4) is 0 Å². The summed E-state index contributed by atoms with van der Waals surface area (Å²) in [5, 5.41) is 10.6. The Bertz CT molecular complexity index is 1010.